The second kappa shape index (κ2) is 6.81. The van der Waals surface area contributed by atoms with Gasteiger partial charge in [-0.1, -0.05) is 40.4 Å². The van der Waals surface area contributed by atoms with Gasteiger partial charge in [-0.15, -0.1) is 0 Å². The Morgan fingerprint density at radius 3 is 2.75 bits per heavy atom. The molecule has 1 saturated carbocycles. The minimum Gasteiger partial charge on any atom is -0.496 e. The molecule has 0 atom stereocenters. The fourth-order valence-electron chi connectivity index (χ4n) is 2.70. The van der Waals surface area contributed by atoms with E-state index in [1.165, 1.54) is 12.8 Å². The average Bonchev–Trinajstić information content (AvgIpc) is 2.94. The van der Waals surface area contributed by atoms with Crippen LogP contribution in [0, 0.1) is 5.41 Å². The van der Waals surface area contributed by atoms with Gasteiger partial charge in [0.1, 0.15) is 5.75 Å². The highest BCUT2D eigenvalue weighted by atomic mass is 79.9. The van der Waals surface area contributed by atoms with Crippen LogP contribution in [0.2, 0.25) is 5.02 Å². The van der Waals surface area contributed by atoms with Crippen molar-refractivity contribution in [2.24, 2.45) is 5.41 Å². The summed E-state index contributed by atoms with van der Waals surface area (Å²) in [6, 6.07) is 5.08. The number of hydrogen-bond acceptors (Lipinski definition) is 2. The van der Waals surface area contributed by atoms with E-state index in [9.17, 15) is 4.79 Å². The molecule has 1 fully saturated rings. The van der Waals surface area contributed by atoms with Gasteiger partial charge in [0, 0.05) is 16.9 Å². The van der Waals surface area contributed by atoms with Crippen molar-refractivity contribution in [3.63, 3.8) is 0 Å². The minimum absolute atomic E-state index is 0.128. The van der Waals surface area contributed by atoms with Gasteiger partial charge in [0.2, 0.25) is 0 Å². The Morgan fingerprint density at radius 1 is 1.45 bits per heavy atom. The smallest absolute Gasteiger partial charge is 0.255 e. The van der Waals surface area contributed by atoms with Crippen LogP contribution in [0.25, 0.3) is 0 Å². The van der Waals surface area contributed by atoms with Crippen LogP contribution >= 0.6 is 27.5 Å². The molecule has 110 valence electrons. The number of benzene rings is 1. The van der Waals surface area contributed by atoms with Crippen LogP contribution in [0.1, 0.15) is 36.0 Å². The minimum atomic E-state index is -0.128. The molecule has 0 bridgehead atoms. The second-order valence-corrected chi connectivity index (χ2v) is 6.37. The lowest BCUT2D eigenvalue weighted by Gasteiger charge is -2.26. The van der Waals surface area contributed by atoms with Crippen molar-refractivity contribution in [1.29, 1.82) is 0 Å². The lowest BCUT2D eigenvalue weighted by atomic mass is 9.89. The molecule has 0 heterocycles. The first-order chi connectivity index (χ1) is 9.60. The third-order valence-electron chi connectivity index (χ3n) is 3.98. The number of amides is 1. The molecule has 20 heavy (non-hydrogen) atoms. The van der Waals surface area contributed by atoms with Gasteiger partial charge in [-0.05, 0) is 36.5 Å². The van der Waals surface area contributed by atoms with Crippen molar-refractivity contribution in [3.05, 3.63) is 28.8 Å². The Bertz CT molecular complexity index is 487. The number of alkyl halides is 1. The molecule has 0 radical (unpaired) electrons. The Morgan fingerprint density at radius 2 is 2.15 bits per heavy atom. The van der Waals surface area contributed by atoms with E-state index in [4.69, 9.17) is 16.3 Å². The van der Waals surface area contributed by atoms with E-state index in [-0.39, 0.29) is 11.3 Å². The average molecular weight is 361 g/mol. The molecule has 0 saturated heterocycles. The molecular weight excluding hydrogens is 342 g/mol. The van der Waals surface area contributed by atoms with Crippen molar-refractivity contribution in [2.45, 2.75) is 25.7 Å². The lowest BCUT2D eigenvalue weighted by Crippen LogP contribution is -2.37. The SMILES string of the molecule is COc1ccc(Cl)cc1C(=O)NCC1(CBr)CCCC1. The van der Waals surface area contributed by atoms with Crippen molar-refractivity contribution < 1.29 is 9.53 Å². The summed E-state index contributed by atoms with van der Waals surface area (Å²) in [7, 11) is 1.55. The highest BCUT2D eigenvalue weighted by molar-refractivity contribution is 9.09. The van der Waals surface area contributed by atoms with Crippen LogP contribution < -0.4 is 10.1 Å². The molecule has 0 spiro atoms. The number of methoxy groups -OCH3 is 1. The van der Waals surface area contributed by atoms with Crippen LogP contribution in [0.3, 0.4) is 0 Å². The zero-order chi connectivity index (χ0) is 14.6. The summed E-state index contributed by atoms with van der Waals surface area (Å²) in [6.45, 7) is 0.687. The van der Waals surface area contributed by atoms with Gasteiger partial charge >= 0.3 is 0 Å². The maximum Gasteiger partial charge on any atom is 0.255 e. The molecule has 0 aliphatic heterocycles. The van der Waals surface area contributed by atoms with Gasteiger partial charge in [0.05, 0.1) is 12.7 Å². The summed E-state index contributed by atoms with van der Waals surface area (Å²) in [5.74, 6) is 0.419. The molecule has 1 aromatic rings. The van der Waals surface area contributed by atoms with Crippen molar-refractivity contribution in [3.8, 4) is 5.75 Å². The largest absolute Gasteiger partial charge is 0.496 e. The molecule has 1 aromatic carbocycles. The molecule has 5 heteroatoms. The van der Waals surface area contributed by atoms with E-state index >= 15 is 0 Å². The number of carbonyl (C=O) groups excluding carboxylic acids is 1. The zero-order valence-electron chi connectivity index (χ0n) is 11.5. The predicted octanol–water partition coefficient (Wildman–Crippen LogP) is 4.03. The van der Waals surface area contributed by atoms with Gasteiger partial charge in [-0.3, -0.25) is 4.79 Å². The van der Waals surface area contributed by atoms with E-state index in [1.54, 1.807) is 25.3 Å². The van der Waals surface area contributed by atoms with Crippen molar-refractivity contribution in [2.75, 3.05) is 19.0 Å². The molecule has 1 N–H and O–H groups in total. The normalized spacial score (nSPS) is 16.9. The number of carbonyl (C=O) groups is 1. The van der Waals surface area contributed by atoms with Gasteiger partial charge in [-0.2, -0.15) is 0 Å². The number of rotatable bonds is 5. The maximum absolute atomic E-state index is 12.3. The van der Waals surface area contributed by atoms with Crippen LogP contribution in [0.15, 0.2) is 18.2 Å². The summed E-state index contributed by atoms with van der Waals surface area (Å²) in [6.07, 6.45) is 4.79. The molecule has 0 unspecified atom stereocenters. The lowest BCUT2D eigenvalue weighted by molar-refractivity contribution is 0.0932. The number of hydrogen-bond donors (Lipinski definition) is 1. The first-order valence-corrected chi connectivity index (χ1v) is 8.28. The molecule has 1 amide bonds. The topological polar surface area (TPSA) is 38.3 Å². The molecule has 3 nitrogen and oxygen atoms in total. The molecule has 2 rings (SSSR count). The monoisotopic (exact) mass is 359 g/mol. The highest BCUT2D eigenvalue weighted by Crippen LogP contribution is 2.39. The van der Waals surface area contributed by atoms with Crippen LogP contribution in [0.4, 0.5) is 0 Å². The molecular formula is C15H19BrClNO2. The Balaban J connectivity index is 2.06. The van der Waals surface area contributed by atoms with E-state index in [2.05, 4.69) is 21.2 Å². The fraction of sp³-hybridized carbons (Fsp3) is 0.533. The van der Waals surface area contributed by atoms with Crippen LogP contribution in [-0.2, 0) is 0 Å². The summed E-state index contributed by atoms with van der Waals surface area (Å²) in [5.41, 5.74) is 0.685. The number of ether oxygens (including phenoxy) is 1. The summed E-state index contributed by atoms with van der Waals surface area (Å²) in [5, 5.41) is 4.48. The number of halogens is 2. The highest BCUT2D eigenvalue weighted by Gasteiger charge is 2.33. The zero-order valence-corrected chi connectivity index (χ0v) is 13.9. The Kier molecular flexibility index (Phi) is 5.33. The first-order valence-electron chi connectivity index (χ1n) is 6.78. The van der Waals surface area contributed by atoms with Crippen molar-refractivity contribution >= 4 is 33.4 Å². The van der Waals surface area contributed by atoms with Crippen LogP contribution in [0.5, 0.6) is 5.75 Å². The van der Waals surface area contributed by atoms with Gasteiger partial charge in [0.15, 0.2) is 0 Å². The fourth-order valence-corrected chi connectivity index (χ4v) is 3.63. The quantitative estimate of drug-likeness (QED) is 0.805. The molecule has 1 aliphatic rings. The molecule has 1 aliphatic carbocycles. The molecule has 0 aromatic heterocycles. The number of nitrogens with one attached hydrogen (secondary N) is 1. The Hall–Kier alpha value is -0.740. The van der Waals surface area contributed by atoms with Crippen LogP contribution in [-0.4, -0.2) is 24.9 Å². The maximum atomic E-state index is 12.3. The second-order valence-electron chi connectivity index (χ2n) is 5.37. The predicted molar refractivity (Wildman–Crippen MR) is 85.0 cm³/mol. The van der Waals surface area contributed by atoms with E-state index < -0.39 is 0 Å². The summed E-state index contributed by atoms with van der Waals surface area (Å²) < 4.78 is 5.22. The van der Waals surface area contributed by atoms with Gasteiger partial charge in [-0.25, -0.2) is 0 Å². The summed E-state index contributed by atoms with van der Waals surface area (Å²) in [4.78, 5) is 12.3. The summed E-state index contributed by atoms with van der Waals surface area (Å²) >= 11 is 9.54. The third kappa shape index (κ3) is 3.47. The first kappa shape index (κ1) is 15.6. The van der Waals surface area contributed by atoms with E-state index in [1.807, 2.05) is 0 Å². The standard InChI is InChI=1S/C15H19BrClNO2/c1-20-13-5-4-11(17)8-12(13)14(19)18-10-15(9-16)6-2-3-7-15/h4-5,8H,2-3,6-7,9-10H2,1H3,(H,18,19). The van der Waals surface area contributed by atoms with E-state index in [0.717, 1.165) is 18.2 Å². The third-order valence-corrected chi connectivity index (χ3v) is 5.40. The Labute approximate surface area is 133 Å². The van der Waals surface area contributed by atoms with Gasteiger partial charge in [0.25, 0.3) is 5.91 Å². The van der Waals surface area contributed by atoms with Gasteiger partial charge < -0.3 is 10.1 Å². The van der Waals surface area contributed by atoms with Crippen molar-refractivity contribution in [1.82, 2.24) is 5.32 Å². The van der Waals surface area contributed by atoms with E-state index in [0.29, 0.717) is 22.9 Å².